The van der Waals surface area contributed by atoms with Gasteiger partial charge in [0, 0.05) is 12.6 Å². The molecule has 0 aliphatic heterocycles. The number of ether oxygens (including phenoxy) is 3. The SMILES string of the molecule is CCNC(=O)[C@H](C)OC(=O)c1cc(OC)cc(OC)c1. The van der Waals surface area contributed by atoms with Gasteiger partial charge in [-0.3, -0.25) is 4.79 Å². The lowest BCUT2D eigenvalue weighted by Crippen LogP contribution is -2.35. The fraction of sp³-hybridized carbons (Fsp3) is 0.429. The van der Waals surface area contributed by atoms with Crippen LogP contribution in [0.25, 0.3) is 0 Å². The minimum atomic E-state index is -0.861. The molecule has 20 heavy (non-hydrogen) atoms. The van der Waals surface area contributed by atoms with Crippen LogP contribution in [0.3, 0.4) is 0 Å². The van der Waals surface area contributed by atoms with Crippen molar-refractivity contribution in [3.8, 4) is 11.5 Å². The monoisotopic (exact) mass is 281 g/mol. The number of hydrogen-bond donors (Lipinski definition) is 1. The van der Waals surface area contributed by atoms with Crippen LogP contribution >= 0.6 is 0 Å². The Balaban J connectivity index is 2.84. The molecule has 1 aromatic carbocycles. The van der Waals surface area contributed by atoms with E-state index in [4.69, 9.17) is 14.2 Å². The maximum absolute atomic E-state index is 12.0. The second kappa shape index (κ2) is 7.37. The maximum atomic E-state index is 12.0. The fourth-order valence-electron chi connectivity index (χ4n) is 1.53. The van der Waals surface area contributed by atoms with Crippen LogP contribution in [0.1, 0.15) is 24.2 Å². The number of methoxy groups -OCH3 is 2. The molecular formula is C14H19NO5. The first-order valence-electron chi connectivity index (χ1n) is 6.23. The topological polar surface area (TPSA) is 73.9 Å². The van der Waals surface area contributed by atoms with Crippen molar-refractivity contribution in [2.24, 2.45) is 0 Å². The smallest absolute Gasteiger partial charge is 0.339 e. The molecule has 1 amide bonds. The molecule has 6 nitrogen and oxygen atoms in total. The van der Waals surface area contributed by atoms with Crippen LogP contribution in [0.2, 0.25) is 0 Å². The van der Waals surface area contributed by atoms with Crippen LogP contribution in [-0.4, -0.2) is 38.7 Å². The Hall–Kier alpha value is -2.24. The second-order valence-corrected chi connectivity index (χ2v) is 4.04. The summed E-state index contributed by atoms with van der Waals surface area (Å²) in [7, 11) is 2.97. The number of esters is 1. The quantitative estimate of drug-likeness (QED) is 0.797. The summed E-state index contributed by atoms with van der Waals surface area (Å²) in [5.41, 5.74) is 0.261. The molecule has 0 heterocycles. The van der Waals surface area contributed by atoms with Gasteiger partial charge in [-0.15, -0.1) is 0 Å². The van der Waals surface area contributed by atoms with Crippen LogP contribution in [0.5, 0.6) is 11.5 Å². The van der Waals surface area contributed by atoms with E-state index >= 15 is 0 Å². The highest BCUT2D eigenvalue weighted by molar-refractivity contribution is 5.93. The number of benzene rings is 1. The van der Waals surface area contributed by atoms with Crippen molar-refractivity contribution in [2.75, 3.05) is 20.8 Å². The average Bonchev–Trinajstić information content (AvgIpc) is 2.46. The molecular weight excluding hydrogens is 262 g/mol. The summed E-state index contributed by atoms with van der Waals surface area (Å²) >= 11 is 0. The molecule has 1 N–H and O–H groups in total. The lowest BCUT2D eigenvalue weighted by Gasteiger charge is -2.13. The highest BCUT2D eigenvalue weighted by atomic mass is 16.5. The summed E-state index contributed by atoms with van der Waals surface area (Å²) in [6.45, 7) is 3.79. The molecule has 0 bridgehead atoms. The van der Waals surface area contributed by atoms with Gasteiger partial charge in [-0.2, -0.15) is 0 Å². The minimum Gasteiger partial charge on any atom is -0.497 e. The molecule has 110 valence electrons. The number of amides is 1. The molecule has 0 aromatic heterocycles. The summed E-state index contributed by atoms with van der Waals surface area (Å²) in [5, 5.41) is 2.58. The Kier molecular flexibility index (Phi) is 5.83. The standard InChI is InChI=1S/C14H19NO5/c1-5-15-13(16)9(2)20-14(17)10-6-11(18-3)8-12(7-10)19-4/h6-9H,5H2,1-4H3,(H,15,16)/t9-/m0/s1. The predicted octanol–water partition coefficient (Wildman–Crippen LogP) is 1.39. The Morgan fingerprint density at radius 2 is 1.70 bits per heavy atom. The van der Waals surface area contributed by atoms with Gasteiger partial charge < -0.3 is 19.5 Å². The largest absolute Gasteiger partial charge is 0.497 e. The van der Waals surface area contributed by atoms with E-state index in [1.807, 2.05) is 0 Å². The predicted molar refractivity (Wildman–Crippen MR) is 73.1 cm³/mol. The Labute approximate surface area is 118 Å². The fourth-order valence-corrected chi connectivity index (χ4v) is 1.53. The lowest BCUT2D eigenvalue weighted by atomic mass is 10.2. The summed E-state index contributed by atoms with van der Waals surface area (Å²) in [6.07, 6.45) is -0.861. The molecule has 0 saturated heterocycles. The molecule has 0 spiro atoms. The number of carbonyl (C=O) groups excluding carboxylic acids is 2. The van der Waals surface area contributed by atoms with Crippen LogP contribution in [-0.2, 0) is 9.53 Å². The van der Waals surface area contributed by atoms with Crippen molar-refractivity contribution >= 4 is 11.9 Å². The average molecular weight is 281 g/mol. The molecule has 6 heteroatoms. The van der Waals surface area contributed by atoms with Gasteiger partial charge in [0.1, 0.15) is 11.5 Å². The Bertz CT molecular complexity index is 464. The van der Waals surface area contributed by atoms with Crippen LogP contribution in [0, 0.1) is 0 Å². The third-order valence-corrected chi connectivity index (χ3v) is 2.59. The first-order chi connectivity index (χ1) is 9.51. The van der Waals surface area contributed by atoms with Gasteiger partial charge in [-0.25, -0.2) is 4.79 Å². The van der Waals surface area contributed by atoms with Gasteiger partial charge >= 0.3 is 5.97 Å². The van der Waals surface area contributed by atoms with E-state index in [9.17, 15) is 9.59 Å². The Morgan fingerprint density at radius 1 is 1.15 bits per heavy atom. The first kappa shape index (κ1) is 15.8. The number of likely N-dealkylation sites (N-methyl/N-ethyl adjacent to an activating group) is 1. The number of carbonyl (C=O) groups is 2. The van der Waals surface area contributed by atoms with E-state index in [2.05, 4.69) is 5.32 Å². The van der Waals surface area contributed by atoms with Crippen molar-refractivity contribution in [1.82, 2.24) is 5.32 Å². The van der Waals surface area contributed by atoms with Gasteiger partial charge in [0.25, 0.3) is 5.91 Å². The first-order valence-corrected chi connectivity index (χ1v) is 6.23. The summed E-state index contributed by atoms with van der Waals surface area (Å²) in [5.74, 6) is 0.000546. The molecule has 1 rings (SSSR count). The molecule has 1 aromatic rings. The summed E-state index contributed by atoms with van der Waals surface area (Å²) < 4.78 is 15.2. The van der Waals surface area contributed by atoms with E-state index in [0.29, 0.717) is 18.0 Å². The van der Waals surface area contributed by atoms with Gasteiger partial charge in [0.2, 0.25) is 0 Å². The van der Waals surface area contributed by atoms with Crippen molar-refractivity contribution in [3.05, 3.63) is 23.8 Å². The molecule has 0 radical (unpaired) electrons. The van der Waals surface area contributed by atoms with Gasteiger partial charge in [0.05, 0.1) is 19.8 Å². The van der Waals surface area contributed by atoms with Gasteiger partial charge in [-0.05, 0) is 26.0 Å². The van der Waals surface area contributed by atoms with E-state index < -0.39 is 12.1 Å². The number of nitrogens with one attached hydrogen (secondary N) is 1. The van der Waals surface area contributed by atoms with Gasteiger partial charge in [0.15, 0.2) is 6.10 Å². The minimum absolute atomic E-state index is 0.261. The Morgan fingerprint density at radius 3 is 2.15 bits per heavy atom. The zero-order chi connectivity index (χ0) is 15.1. The van der Waals surface area contributed by atoms with E-state index in [0.717, 1.165) is 0 Å². The van der Waals surface area contributed by atoms with Crippen molar-refractivity contribution < 1.29 is 23.8 Å². The summed E-state index contributed by atoms with van der Waals surface area (Å²) in [4.78, 5) is 23.5. The molecule has 1 atom stereocenters. The molecule has 0 fully saturated rings. The van der Waals surface area contributed by atoms with Crippen molar-refractivity contribution in [3.63, 3.8) is 0 Å². The van der Waals surface area contributed by atoms with E-state index in [-0.39, 0.29) is 11.5 Å². The lowest BCUT2D eigenvalue weighted by molar-refractivity contribution is -0.128. The molecule has 0 saturated carbocycles. The van der Waals surface area contributed by atoms with Crippen LogP contribution in [0.4, 0.5) is 0 Å². The van der Waals surface area contributed by atoms with Crippen molar-refractivity contribution in [1.29, 1.82) is 0 Å². The third kappa shape index (κ3) is 4.15. The summed E-state index contributed by atoms with van der Waals surface area (Å²) in [6, 6.07) is 4.69. The highest BCUT2D eigenvalue weighted by Crippen LogP contribution is 2.23. The van der Waals surface area contributed by atoms with Crippen molar-refractivity contribution in [2.45, 2.75) is 20.0 Å². The highest BCUT2D eigenvalue weighted by Gasteiger charge is 2.19. The number of rotatable bonds is 6. The zero-order valence-corrected chi connectivity index (χ0v) is 12.1. The van der Waals surface area contributed by atoms with Gasteiger partial charge in [-0.1, -0.05) is 0 Å². The van der Waals surface area contributed by atoms with Crippen LogP contribution in [0.15, 0.2) is 18.2 Å². The zero-order valence-electron chi connectivity index (χ0n) is 12.1. The number of hydrogen-bond acceptors (Lipinski definition) is 5. The van der Waals surface area contributed by atoms with Crippen LogP contribution < -0.4 is 14.8 Å². The second-order valence-electron chi connectivity index (χ2n) is 4.04. The van der Waals surface area contributed by atoms with E-state index in [1.165, 1.54) is 33.3 Å². The normalized spacial score (nSPS) is 11.4. The maximum Gasteiger partial charge on any atom is 0.339 e. The van der Waals surface area contributed by atoms with E-state index in [1.54, 1.807) is 13.0 Å². The molecule has 0 aliphatic rings. The molecule has 0 aliphatic carbocycles. The molecule has 0 unspecified atom stereocenters. The third-order valence-electron chi connectivity index (χ3n) is 2.59.